The molecule has 1 fully saturated rings. The van der Waals surface area contributed by atoms with Crippen LogP contribution in [0.3, 0.4) is 0 Å². The topological polar surface area (TPSA) is 32.8 Å². The van der Waals surface area contributed by atoms with E-state index in [2.05, 4.69) is 16.8 Å². The van der Waals surface area contributed by atoms with Crippen LogP contribution in [0.25, 0.3) is 0 Å². The van der Waals surface area contributed by atoms with Crippen molar-refractivity contribution >= 4 is 5.97 Å². The van der Waals surface area contributed by atoms with E-state index in [4.69, 9.17) is 4.74 Å². The molecule has 0 N–H and O–H groups in total. The molecule has 1 saturated heterocycles. The first kappa shape index (κ1) is 12.5. The standard InChI is InChI=1S/C11H22N2O2/c1-9(2)15-11(14)10(3)13-7-5-12(4)6-8-13/h9-10H,5-8H2,1-4H3/t10-/m0/s1. The molecule has 1 aliphatic heterocycles. The van der Waals surface area contributed by atoms with Gasteiger partial charge in [-0.3, -0.25) is 9.69 Å². The number of piperazine rings is 1. The van der Waals surface area contributed by atoms with Crippen LogP contribution in [-0.2, 0) is 9.53 Å². The van der Waals surface area contributed by atoms with Crippen molar-refractivity contribution in [1.29, 1.82) is 0 Å². The van der Waals surface area contributed by atoms with Crippen molar-refractivity contribution in [2.24, 2.45) is 0 Å². The highest BCUT2D eigenvalue weighted by atomic mass is 16.5. The molecule has 0 aromatic heterocycles. The maximum Gasteiger partial charge on any atom is 0.323 e. The van der Waals surface area contributed by atoms with Gasteiger partial charge in [0, 0.05) is 26.2 Å². The van der Waals surface area contributed by atoms with Gasteiger partial charge in [-0.2, -0.15) is 0 Å². The molecule has 0 unspecified atom stereocenters. The number of nitrogens with zero attached hydrogens (tertiary/aromatic N) is 2. The SMILES string of the molecule is CC(C)OC(=O)[C@H](C)N1CCN(C)CC1. The Hall–Kier alpha value is -0.610. The average Bonchev–Trinajstić information content (AvgIpc) is 2.17. The van der Waals surface area contributed by atoms with E-state index in [-0.39, 0.29) is 18.1 Å². The van der Waals surface area contributed by atoms with E-state index >= 15 is 0 Å². The summed E-state index contributed by atoms with van der Waals surface area (Å²) in [6, 6.07) is -0.110. The first-order valence-electron chi connectivity index (χ1n) is 5.64. The van der Waals surface area contributed by atoms with Gasteiger partial charge in [-0.1, -0.05) is 0 Å². The van der Waals surface area contributed by atoms with Crippen LogP contribution in [0.4, 0.5) is 0 Å². The number of carbonyl (C=O) groups is 1. The van der Waals surface area contributed by atoms with Crippen LogP contribution in [0.1, 0.15) is 20.8 Å². The molecule has 1 heterocycles. The Labute approximate surface area is 92.2 Å². The molecular weight excluding hydrogens is 192 g/mol. The maximum atomic E-state index is 11.7. The van der Waals surface area contributed by atoms with E-state index in [0.29, 0.717) is 0 Å². The Bertz CT molecular complexity index is 211. The fourth-order valence-electron chi connectivity index (χ4n) is 1.69. The largest absolute Gasteiger partial charge is 0.462 e. The van der Waals surface area contributed by atoms with Crippen LogP contribution in [0, 0.1) is 0 Å². The molecule has 0 spiro atoms. The Kier molecular flexibility index (Phi) is 4.54. The fourth-order valence-corrected chi connectivity index (χ4v) is 1.69. The summed E-state index contributed by atoms with van der Waals surface area (Å²) >= 11 is 0. The summed E-state index contributed by atoms with van der Waals surface area (Å²) in [5, 5.41) is 0. The van der Waals surface area contributed by atoms with Gasteiger partial charge in [-0.15, -0.1) is 0 Å². The lowest BCUT2D eigenvalue weighted by atomic mass is 10.2. The smallest absolute Gasteiger partial charge is 0.323 e. The highest BCUT2D eigenvalue weighted by Crippen LogP contribution is 2.07. The Morgan fingerprint density at radius 2 is 1.67 bits per heavy atom. The molecule has 0 aromatic carbocycles. The second-order valence-electron chi connectivity index (χ2n) is 4.50. The van der Waals surface area contributed by atoms with Gasteiger partial charge < -0.3 is 9.64 Å². The van der Waals surface area contributed by atoms with Gasteiger partial charge in [0.2, 0.25) is 0 Å². The van der Waals surface area contributed by atoms with Crippen LogP contribution >= 0.6 is 0 Å². The van der Waals surface area contributed by atoms with Crippen molar-refractivity contribution in [1.82, 2.24) is 9.80 Å². The summed E-state index contributed by atoms with van der Waals surface area (Å²) in [4.78, 5) is 16.1. The second-order valence-corrected chi connectivity index (χ2v) is 4.50. The molecule has 1 rings (SSSR count). The van der Waals surface area contributed by atoms with E-state index < -0.39 is 0 Å². The monoisotopic (exact) mass is 214 g/mol. The molecule has 88 valence electrons. The number of carbonyl (C=O) groups excluding carboxylic acids is 1. The van der Waals surface area contributed by atoms with Crippen LogP contribution in [0.2, 0.25) is 0 Å². The number of hydrogen-bond acceptors (Lipinski definition) is 4. The number of esters is 1. The maximum absolute atomic E-state index is 11.7. The van der Waals surface area contributed by atoms with Crippen molar-refractivity contribution in [2.75, 3.05) is 33.2 Å². The highest BCUT2D eigenvalue weighted by Gasteiger charge is 2.25. The third kappa shape index (κ3) is 3.80. The zero-order valence-corrected chi connectivity index (χ0v) is 10.2. The molecular formula is C11H22N2O2. The van der Waals surface area contributed by atoms with Crippen molar-refractivity contribution in [3.8, 4) is 0 Å². The fraction of sp³-hybridized carbons (Fsp3) is 0.909. The lowest BCUT2D eigenvalue weighted by Gasteiger charge is -2.35. The van der Waals surface area contributed by atoms with Gasteiger partial charge in [0.05, 0.1) is 6.10 Å². The van der Waals surface area contributed by atoms with E-state index in [1.54, 1.807) is 0 Å². The van der Waals surface area contributed by atoms with E-state index in [0.717, 1.165) is 26.2 Å². The van der Waals surface area contributed by atoms with Crippen molar-refractivity contribution in [2.45, 2.75) is 32.9 Å². The normalized spacial score (nSPS) is 21.7. The molecule has 1 aliphatic rings. The first-order chi connectivity index (χ1) is 7.00. The lowest BCUT2D eigenvalue weighted by molar-refractivity contribution is -0.153. The zero-order chi connectivity index (χ0) is 11.4. The van der Waals surface area contributed by atoms with E-state index in [1.165, 1.54) is 0 Å². The van der Waals surface area contributed by atoms with Gasteiger partial charge >= 0.3 is 5.97 Å². The van der Waals surface area contributed by atoms with Crippen molar-refractivity contribution in [3.05, 3.63) is 0 Å². The predicted octanol–water partition coefficient (Wildman–Crippen LogP) is 0.574. The van der Waals surface area contributed by atoms with Gasteiger partial charge in [0.1, 0.15) is 6.04 Å². The second kappa shape index (κ2) is 5.47. The van der Waals surface area contributed by atoms with Crippen molar-refractivity contribution < 1.29 is 9.53 Å². The van der Waals surface area contributed by atoms with Gasteiger partial charge in [0.25, 0.3) is 0 Å². The number of likely N-dealkylation sites (N-methyl/N-ethyl adjacent to an activating group) is 1. The van der Waals surface area contributed by atoms with E-state index in [9.17, 15) is 4.79 Å². The summed E-state index contributed by atoms with van der Waals surface area (Å²) in [6.45, 7) is 9.65. The summed E-state index contributed by atoms with van der Waals surface area (Å²) in [5.41, 5.74) is 0. The molecule has 0 aliphatic carbocycles. The number of hydrogen-bond donors (Lipinski definition) is 0. The van der Waals surface area contributed by atoms with Gasteiger partial charge in [-0.05, 0) is 27.8 Å². The zero-order valence-electron chi connectivity index (χ0n) is 10.2. The molecule has 15 heavy (non-hydrogen) atoms. The third-order valence-electron chi connectivity index (χ3n) is 2.78. The molecule has 0 saturated carbocycles. The average molecular weight is 214 g/mol. The molecule has 0 bridgehead atoms. The molecule has 4 heteroatoms. The van der Waals surface area contributed by atoms with Crippen LogP contribution < -0.4 is 0 Å². The number of ether oxygens (including phenoxy) is 1. The molecule has 4 nitrogen and oxygen atoms in total. The van der Waals surface area contributed by atoms with Crippen LogP contribution in [0.5, 0.6) is 0 Å². The summed E-state index contributed by atoms with van der Waals surface area (Å²) in [7, 11) is 2.11. The van der Waals surface area contributed by atoms with Crippen molar-refractivity contribution in [3.63, 3.8) is 0 Å². The molecule has 0 amide bonds. The Morgan fingerprint density at radius 3 is 2.13 bits per heavy atom. The Balaban J connectivity index is 2.39. The number of rotatable bonds is 3. The first-order valence-corrected chi connectivity index (χ1v) is 5.64. The minimum absolute atomic E-state index is 0.0209. The lowest BCUT2D eigenvalue weighted by Crippen LogP contribution is -2.51. The summed E-state index contributed by atoms with van der Waals surface area (Å²) < 4.78 is 5.20. The third-order valence-corrected chi connectivity index (χ3v) is 2.78. The van der Waals surface area contributed by atoms with Gasteiger partial charge in [-0.25, -0.2) is 0 Å². The van der Waals surface area contributed by atoms with Gasteiger partial charge in [0.15, 0.2) is 0 Å². The Morgan fingerprint density at radius 1 is 1.13 bits per heavy atom. The minimum Gasteiger partial charge on any atom is -0.462 e. The summed E-state index contributed by atoms with van der Waals surface area (Å²) in [6.07, 6.45) is -0.0209. The van der Waals surface area contributed by atoms with Crippen LogP contribution in [-0.4, -0.2) is 61.1 Å². The van der Waals surface area contributed by atoms with Crippen LogP contribution in [0.15, 0.2) is 0 Å². The molecule has 1 atom stereocenters. The predicted molar refractivity (Wildman–Crippen MR) is 59.8 cm³/mol. The minimum atomic E-state index is -0.110. The molecule has 0 radical (unpaired) electrons. The van der Waals surface area contributed by atoms with E-state index in [1.807, 2.05) is 20.8 Å². The summed E-state index contributed by atoms with van der Waals surface area (Å²) in [5.74, 6) is -0.102. The molecule has 0 aromatic rings. The highest BCUT2D eigenvalue weighted by molar-refractivity contribution is 5.75. The quantitative estimate of drug-likeness (QED) is 0.643.